The van der Waals surface area contributed by atoms with Crippen LogP contribution in [0.4, 0.5) is 0 Å². The number of Topliss-reactive ketones (excluding diaryl/α,β-unsaturated/α-hetero) is 1. The van der Waals surface area contributed by atoms with E-state index >= 15 is 0 Å². The highest BCUT2D eigenvalue weighted by Gasteiger charge is 2.28. The van der Waals surface area contributed by atoms with Crippen molar-refractivity contribution in [2.45, 2.75) is 25.9 Å². The Bertz CT molecular complexity index is 393. The third-order valence-electron chi connectivity index (χ3n) is 3.35. The first-order valence-corrected chi connectivity index (χ1v) is 6.03. The molecule has 1 saturated heterocycles. The van der Waals surface area contributed by atoms with Crippen LogP contribution in [-0.4, -0.2) is 41.5 Å². The first-order chi connectivity index (χ1) is 8.06. The van der Waals surface area contributed by atoms with Gasteiger partial charge in [-0.15, -0.1) is 0 Å². The van der Waals surface area contributed by atoms with Crippen LogP contribution in [0.15, 0.2) is 24.3 Å². The Morgan fingerprint density at radius 3 is 2.47 bits per heavy atom. The molecule has 1 aliphatic heterocycles. The van der Waals surface area contributed by atoms with Crippen LogP contribution in [0, 0.1) is 6.92 Å². The van der Waals surface area contributed by atoms with Gasteiger partial charge in [-0.25, -0.2) is 0 Å². The topological polar surface area (TPSA) is 40.5 Å². The molecule has 1 aromatic rings. The molecule has 17 heavy (non-hydrogen) atoms. The Hall–Kier alpha value is -1.19. The lowest BCUT2D eigenvalue weighted by molar-refractivity contribution is -0.119. The second-order valence-electron chi connectivity index (χ2n) is 4.95. The van der Waals surface area contributed by atoms with E-state index < -0.39 is 0 Å². The summed E-state index contributed by atoms with van der Waals surface area (Å²) in [6.45, 7) is 5.78. The molecule has 0 saturated carbocycles. The Balaban J connectivity index is 2.06. The Kier molecular flexibility index (Phi) is 3.60. The molecule has 1 aromatic carbocycles. The standard InChI is InChI=1S/C14H19NO2/c1-10-3-5-12(6-4-10)14(11(2)16)9-15-7-13(17)8-15/h3-6,13-14,17H,7-9H2,1-2H3/t14-/m0/s1. The molecule has 92 valence electrons. The fourth-order valence-electron chi connectivity index (χ4n) is 2.22. The molecule has 1 fully saturated rings. The van der Waals surface area contributed by atoms with Crippen molar-refractivity contribution in [3.05, 3.63) is 35.4 Å². The molecule has 2 rings (SSSR count). The summed E-state index contributed by atoms with van der Waals surface area (Å²) in [6.07, 6.45) is -0.208. The molecule has 0 amide bonds. The second-order valence-corrected chi connectivity index (χ2v) is 4.95. The summed E-state index contributed by atoms with van der Waals surface area (Å²) in [5.74, 6) is 0.123. The number of benzene rings is 1. The zero-order valence-corrected chi connectivity index (χ0v) is 10.4. The molecular weight excluding hydrogens is 214 g/mol. The maximum atomic E-state index is 11.7. The minimum absolute atomic E-state index is 0.0666. The predicted molar refractivity (Wildman–Crippen MR) is 67.0 cm³/mol. The smallest absolute Gasteiger partial charge is 0.138 e. The summed E-state index contributed by atoms with van der Waals surface area (Å²) in [6, 6.07) is 8.13. The monoisotopic (exact) mass is 233 g/mol. The van der Waals surface area contributed by atoms with Gasteiger partial charge < -0.3 is 5.11 Å². The van der Waals surface area contributed by atoms with E-state index in [1.54, 1.807) is 6.92 Å². The van der Waals surface area contributed by atoms with Gasteiger partial charge in [-0.05, 0) is 19.4 Å². The Labute approximate surface area is 102 Å². The minimum Gasteiger partial charge on any atom is -0.390 e. The van der Waals surface area contributed by atoms with Crippen molar-refractivity contribution >= 4 is 5.78 Å². The van der Waals surface area contributed by atoms with Crippen molar-refractivity contribution in [3.63, 3.8) is 0 Å². The molecule has 0 unspecified atom stereocenters. The molecule has 1 aliphatic rings. The van der Waals surface area contributed by atoms with Gasteiger partial charge in [-0.1, -0.05) is 29.8 Å². The molecule has 3 heteroatoms. The van der Waals surface area contributed by atoms with E-state index in [1.807, 2.05) is 31.2 Å². The number of β-amino-alcohol motifs (C(OH)–C–C–N with tert-alkyl or cyclic N) is 1. The van der Waals surface area contributed by atoms with Gasteiger partial charge in [0.1, 0.15) is 5.78 Å². The molecule has 0 aromatic heterocycles. The van der Waals surface area contributed by atoms with E-state index in [0.717, 1.165) is 12.1 Å². The fourth-order valence-corrected chi connectivity index (χ4v) is 2.22. The maximum absolute atomic E-state index is 11.7. The van der Waals surface area contributed by atoms with Crippen LogP contribution in [-0.2, 0) is 4.79 Å². The lowest BCUT2D eigenvalue weighted by Crippen LogP contribution is -2.52. The van der Waals surface area contributed by atoms with Gasteiger partial charge in [0.25, 0.3) is 0 Å². The van der Waals surface area contributed by atoms with Gasteiger partial charge in [0.15, 0.2) is 0 Å². The lowest BCUT2D eigenvalue weighted by Gasteiger charge is -2.37. The normalized spacial score (nSPS) is 18.8. The third-order valence-corrected chi connectivity index (χ3v) is 3.35. The van der Waals surface area contributed by atoms with Crippen LogP contribution in [0.3, 0.4) is 0 Å². The van der Waals surface area contributed by atoms with E-state index in [1.165, 1.54) is 5.56 Å². The van der Waals surface area contributed by atoms with Crippen LogP contribution in [0.2, 0.25) is 0 Å². The second kappa shape index (κ2) is 4.98. The summed E-state index contributed by atoms with van der Waals surface area (Å²) >= 11 is 0. The van der Waals surface area contributed by atoms with Crippen molar-refractivity contribution in [2.24, 2.45) is 0 Å². The average Bonchev–Trinajstić information content (AvgIpc) is 2.24. The van der Waals surface area contributed by atoms with Gasteiger partial charge in [0.05, 0.1) is 12.0 Å². The van der Waals surface area contributed by atoms with Crippen LogP contribution < -0.4 is 0 Å². The molecule has 0 aliphatic carbocycles. The molecule has 0 bridgehead atoms. The van der Waals surface area contributed by atoms with Gasteiger partial charge in [-0.2, -0.15) is 0 Å². The molecule has 3 nitrogen and oxygen atoms in total. The van der Waals surface area contributed by atoms with Gasteiger partial charge in [-0.3, -0.25) is 9.69 Å². The average molecular weight is 233 g/mol. The number of carbonyl (C=O) groups excluding carboxylic acids is 1. The quantitative estimate of drug-likeness (QED) is 0.853. The summed E-state index contributed by atoms with van der Waals surface area (Å²) in [7, 11) is 0. The number of rotatable bonds is 4. The largest absolute Gasteiger partial charge is 0.390 e. The highest BCUT2D eigenvalue weighted by Crippen LogP contribution is 2.21. The number of nitrogens with zero attached hydrogens (tertiary/aromatic N) is 1. The number of ketones is 1. The summed E-state index contributed by atoms with van der Waals surface area (Å²) in [5, 5.41) is 9.25. The maximum Gasteiger partial charge on any atom is 0.138 e. The zero-order valence-electron chi connectivity index (χ0n) is 10.4. The van der Waals surface area contributed by atoms with Crippen molar-refractivity contribution in [3.8, 4) is 0 Å². The molecule has 1 atom stereocenters. The number of aryl methyl sites for hydroxylation is 1. The van der Waals surface area contributed by atoms with Gasteiger partial charge >= 0.3 is 0 Å². The van der Waals surface area contributed by atoms with E-state index in [4.69, 9.17) is 0 Å². The zero-order chi connectivity index (χ0) is 12.4. The van der Waals surface area contributed by atoms with Gasteiger partial charge in [0, 0.05) is 19.6 Å². The predicted octanol–water partition coefficient (Wildman–Crippen LogP) is 1.34. The summed E-state index contributed by atoms with van der Waals surface area (Å²) in [4.78, 5) is 13.8. The Morgan fingerprint density at radius 2 is 2.00 bits per heavy atom. The third kappa shape index (κ3) is 2.93. The summed E-state index contributed by atoms with van der Waals surface area (Å²) < 4.78 is 0. The molecular formula is C14H19NO2. The van der Waals surface area contributed by atoms with Crippen LogP contribution >= 0.6 is 0 Å². The van der Waals surface area contributed by atoms with E-state index in [9.17, 15) is 9.90 Å². The summed E-state index contributed by atoms with van der Waals surface area (Å²) in [5.41, 5.74) is 2.28. The molecule has 0 radical (unpaired) electrons. The minimum atomic E-state index is -0.208. The Morgan fingerprint density at radius 1 is 1.41 bits per heavy atom. The van der Waals surface area contributed by atoms with Crippen LogP contribution in [0.25, 0.3) is 0 Å². The number of likely N-dealkylation sites (tertiary alicyclic amines) is 1. The highest BCUT2D eigenvalue weighted by molar-refractivity contribution is 5.83. The lowest BCUT2D eigenvalue weighted by atomic mass is 9.93. The first-order valence-electron chi connectivity index (χ1n) is 6.03. The van der Waals surface area contributed by atoms with Crippen LogP contribution in [0.1, 0.15) is 24.0 Å². The molecule has 0 spiro atoms. The number of aliphatic hydroxyl groups excluding tert-OH is 1. The molecule has 1 N–H and O–H groups in total. The van der Waals surface area contributed by atoms with E-state index in [2.05, 4.69) is 4.90 Å². The SMILES string of the molecule is CC(=O)[C@H](CN1CC(O)C1)c1ccc(C)cc1. The fraction of sp³-hybridized carbons (Fsp3) is 0.500. The molecule has 1 heterocycles. The van der Waals surface area contributed by atoms with Crippen LogP contribution in [0.5, 0.6) is 0 Å². The van der Waals surface area contributed by atoms with E-state index in [-0.39, 0.29) is 17.8 Å². The number of hydrogen-bond acceptors (Lipinski definition) is 3. The van der Waals surface area contributed by atoms with Crippen molar-refractivity contribution < 1.29 is 9.90 Å². The first kappa shape index (κ1) is 12.3. The van der Waals surface area contributed by atoms with Crippen molar-refractivity contribution in [1.29, 1.82) is 0 Å². The van der Waals surface area contributed by atoms with Crippen molar-refractivity contribution in [1.82, 2.24) is 4.90 Å². The number of carbonyl (C=O) groups is 1. The highest BCUT2D eigenvalue weighted by atomic mass is 16.3. The van der Waals surface area contributed by atoms with Crippen molar-refractivity contribution in [2.75, 3.05) is 19.6 Å². The number of hydrogen-bond donors (Lipinski definition) is 1. The number of aliphatic hydroxyl groups is 1. The van der Waals surface area contributed by atoms with E-state index in [0.29, 0.717) is 13.1 Å². The van der Waals surface area contributed by atoms with Gasteiger partial charge in [0.2, 0.25) is 0 Å².